The first-order valence-electron chi connectivity index (χ1n) is 5.75. The first-order chi connectivity index (χ1) is 8.67. The predicted octanol–water partition coefficient (Wildman–Crippen LogP) is 2.42. The highest BCUT2D eigenvalue weighted by molar-refractivity contribution is 6.30. The van der Waals surface area contributed by atoms with Gasteiger partial charge in [-0.15, -0.1) is 0 Å². The van der Waals surface area contributed by atoms with Gasteiger partial charge in [-0.2, -0.15) is 0 Å². The second kappa shape index (κ2) is 6.00. The van der Waals surface area contributed by atoms with Crippen molar-refractivity contribution in [3.05, 3.63) is 52.4 Å². The highest BCUT2D eigenvalue weighted by Gasteiger charge is 2.07. The largest absolute Gasteiger partial charge is 0.360 e. The van der Waals surface area contributed by atoms with Gasteiger partial charge in [0.15, 0.2) is 5.76 Å². The van der Waals surface area contributed by atoms with Gasteiger partial charge in [-0.1, -0.05) is 28.9 Å². The molecular weight excluding hydrogens is 250 g/mol. The van der Waals surface area contributed by atoms with Crippen LogP contribution in [0.3, 0.4) is 0 Å². The number of hydrogen-bond acceptors (Lipinski definition) is 4. The van der Waals surface area contributed by atoms with Crippen LogP contribution in [0, 0.1) is 0 Å². The number of rotatable bonds is 5. The molecule has 1 heterocycles. The zero-order valence-electron chi connectivity index (χ0n) is 10.3. The Bertz CT molecular complexity index is 512. The summed E-state index contributed by atoms with van der Waals surface area (Å²) in [5, 5.41) is 4.62. The highest BCUT2D eigenvalue weighted by Crippen LogP contribution is 2.13. The maximum atomic E-state index is 5.95. The van der Waals surface area contributed by atoms with Gasteiger partial charge in [0.05, 0.1) is 12.2 Å². The zero-order valence-corrected chi connectivity index (χ0v) is 11.0. The standard InChI is InChI=1S/C13H16ClN3O/c1-17(8-10-3-2-4-11(14)5-10)9-13-6-12(7-15)16-18-13/h2-6H,7-9,15H2,1H3. The van der Waals surface area contributed by atoms with Crippen molar-refractivity contribution < 1.29 is 4.52 Å². The van der Waals surface area contributed by atoms with E-state index in [2.05, 4.69) is 10.1 Å². The molecule has 0 spiro atoms. The lowest BCUT2D eigenvalue weighted by Crippen LogP contribution is -2.16. The topological polar surface area (TPSA) is 55.3 Å². The lowest BCUT2D eigenvalue weighted by Gasteiger charge is -2.14. The lowest BCUT2D eigenvalue weighted by molar-refractivity contribution is 0.266. The fraction of sp³-hybridized carbons (Fsp3) is 0.308. The van der Waals surface area contributed by atoms with Crippen LogP contribution < -0.4 is 5.73 Å². The molecule has 0 unspecified atom stereocenters. The van der Waals surface area contributed by atoms with Crippen molar-refractivity contribution in [3.63, 3.8) is 0 Å². The van der Waals surface area contributed by atoms with Crippen molar-refractivity contribution in [1.29, 1.82) is 0 Å². The van der Waals surface area contributed by atoms with E-state index in [9.17, 15) is 0 Å². The van der Waals surface area contributed by atoms with E-state index in [1.165, 1.54) is 5.56 Å². The number of benzene rings is 1. The third kappa shape index (κ3) is 3.57. The van der Waals surface area contributed by atoms with Crippen LogP contribution in [0.25, 0.3) is 0 Å². The number of hydrogen-bond donors (Lipinski definition) is 1. The summed E-state index contributed by atoms with van der Waals surface area (Å²) in [7, 11) is 2.02. The van der Waals surface area contributed by atoms with Gasteiger partial charge in [-0.25, -0.2) is 0 Å². The molecule has 0 amide bonds. The zero-order chi connectivity index (χ0) is 13.0. The lowest BCUT2D eigenvalue weighted by atomic mass is 10.2. The minimum Gasteiger partial charge on any atom is -0.360 e. The summed E-state index contributed by atoms with van der Waals surface area (Å²) in [6.07, 6.45) is 0. The second-order valence-corrected chi connectivity index (χ2v) is 4.73. The summed E-state index contributed by atoms with van der Waals surface area (Å²) >= 11 is 5.95. The molecule has 1 aromatic carbocycles. The fourth-order valence-corrected chi connectivity index (χ4v) is 2.01. The Morgan fingerprint density at radius 2 is 2.17 bits per heavy atom. The molecule has 96 valence electrons. The van der Waals surface area contributed by atoms with E-state index in [0.29, 0.717) is 13.1 Å². The number of aromatic nitrogens is 1. The first-order valence-corrected chi connectivity index (χ1v) is 6.12. The Kier molecular flexibility index (Phi) is 4.36. The smallest absolute Gasteiger partial charge is 0.151 e. The van der Waals surface area contributed by atoms with Gasteiger partial charge in [0.25, 0.3) is 0 Å². The van der Waals surface area contributed by atoms with Gasteiger partial charge >= 0.3 is 0 Å². The fourth-order valence-electron chi connectivity index (χ4n) is 1.80. The van der Waals surface area contributed by atoms with Gasteiger partial charge in [-0.05, 0) is 24.7 Å². The van der Waals surface area contributed by atoms with E-state index in [0.717, 1.165) is 23.0 Å². The van der Waals surface area contributed by atoms with Crippen LogP contribution in [0.2, 0.25) is 5.02 Å². The first kappa shape index (κ1) is 13.1. The highest BCUT2D eigenvalue weighted by atomic mass is 35.5. The van der Waals surface area contributed by atoms with Crippen LogP contribution in [-0.2, 0) is 19.6 Å². The van der Waals surface area contributed by atoms with Crippen molar-refractivity contribution in [2.45, 2.75) is 19.6 Å². The summed E-state index contributed by atoms with van der Waals surface area (Å²) < 4.78 is 5.19. The van der Waals surface area contributed by atoms with Crippen LogP contribution in [0.5, 0.6) is 0 Å². The van der Waals surface area contributed by atoms with Gasteiger partial charge in [0, 0.05) is 24.2 Å². The molecule has 0 atom stereocenters. The van der Waals surface area contributed by atoms with E-state index < -0.39 is 0 Å². The van der Waals surface area contributed by atoms with E-state index in [-0.39, 0.29) is 0 Å². The monoisotopic (exact) mass is 265 g/mol. The number of nitrogens with zero attached hydrogens (tertiary/aromatic N) is 2. The molecule has 2 N–H and O–H groups in total. The van der Waals surface area contributed by atoms with E-state index in [1.807, 2.05) is 37.4 Å². The maximum absolute atomic E-state index is 5.95. The van der Waals surface area contributed by atoms with Gasteiger partial charge < -0.3 is 10.3 Å². The number of halogens is 1. The normalized spacial score (nSPS) is 11.1. The van der Waals surface area contributed by atoms with Gasteiger partial charge in [0.2, 0.25) is 0 Å². The Morgan fingerprint density at radius 1 is 1.33 bits per heavy atom. The predicted molar refractivity (Wildman–Crippen MR) is 71.0 cm³/mol. The van der Waals surface area contributed by atoms with Crippen LogP contribution in [0.4, 0.5) is 0 Å². The Labute approximate surface area is 111 Å². The molecule has 0 aliphatic carbocycles. The summed E-state index contributed by atoms with van der Waals surface area (Å²) in [5.74, 6) is 0.819. The molecule has 2 rings (SSSR count). The molecule has 0 aliphatic rings. The van der Waals surface area contributed by atoms with E-state index in [1.54, 1.807) is 0 Å². The summed E-state index contributed by atoms with van der Waals surface area (Å²) in [6, 6.07) is 9.72. The van der Waals surface area contributed by atoms with Gasteiger partial charge in [-0.3, -0.25) is 4.90 Å². The molecule has 0 saturated heterocycles. The Hall–Kier alpha value is -1.36. The summed E-state index contributed by atoms with van der Waals surface area (Å²) in [6.45, 7) is 1.90. The average Bonchev–Trinajstić information content (AvgIpc) is 2.76. The van der Waals surface area contributed by atoms with Crippen molar-refractivity contribution >= 4 is 11.6 Å². The molecule has 0 radical (unpaired) electrons. The maximum Gasteiger partial charge on any atom is 0.151 e. The van der Waals surface area contributed by atoms with Crippen LogP contribution in [0.1, 0.15) is 17.0 Å². The second-order valence-electron chi connectivity index (χ2n) is 4.29. The Balaban J connectivity index is 1.94. The summed E-state index contributed by atoms with van der Waals surface area (Å²) in [5.41, 5.74) is 7.43. The minimum atomic E-state index is 0.404. The van der Waals surface area contributed by atoms with Crippen molar-refractivity contribution in [2.24, 2.45) is 5.73 Å². The van der Waals surface area contributed by atoms with Crippen LogP contribution >= 0.6 is 11.6 Å². The molecule has 5 heteroatoms. The molecule has 0 saturated carbocycles. The Morgan fingerprint density at radius 3 is 2.83 bits per heavy atom. The molecular formula is C13H16ClN3O. The van der Waals surface area contributed by atoms with Crippen LogP contribution in [-0.4, -0.2) is 17.1 Å². The summed E-state index contributed by atoms with van der Waals surface area (Å²) in [4.78, 5) is 2.13. The average molecular weight is 266 g/mol. The quantitative estimate of drug-likeness (QED) is 0.902. The SMILES string of the molecule is CN(Cc1cccc(Cl)c1)Cc1cc(CN)no1. The van der Waals surface area contributed by atoms with Crippen molar-refractivity contribution in [1.82, 2.24) is 10.1 Å². The van der Waals surface area contributed by atoms with Crippen LogP contribution in [0.15, 0.2) is 34.9 Å². The third-order valence-corrected chi connectivity index (χ3v) is 2.82. The molecule has 4 nitrogen and oxygen atoms in total. The molecule has 2 aromatic rings. The molecule has 0 bridgehead atoms. The molecule has 1 aromatic heterocycles. The van der Waals surface area contributed by atoms with Gasteiger partial charge in [0.1, 0.15) is 0 Å². The number of nitrogens with two attached hydrogens (primary N) is 1. The van der Waals surface area contributed by atoms with E-state index in [4.69, 9.17) is 21.9 Å². The van der Waals surface area contributed by atoms with Crippen molar-refractivity contribution in [3.8, 4) is 0 Å². The molecule has 0 fully saturated rings. The molecule has 18 heavy (non-hydrogen) atoms. The van der Waals surface area contributed by atoms with E-state index >= 15 is 0 Å². The molecule has 0 aliphatic heterocycles. The minimum absolute atomic E-state index is 0.404. The third-order valence-electron chi connectivity index (χ3n) is 2.58. The van der Waals surface area contributed by atoms with Crippen molar-refractivity contribution in [2.75, 3.05) is 7.05 Å².